The monoisotopic (exact) mass is 190 g/mol. The lowest BCUT2D eigenvalue weighted by Gasteiger charge is -2.07. The fourth-order valence-electron chi connectivity index (χ4n) is 1.70. The molecular formula is C11H14N2O. The maximum Gasteiger partial charge on any atom is 0.253 e. The van der Waals surface area contributed by atoms with E-state index in [1.807, 2.05) is 18.2 Å². The molecule has 1 aliphatic heterocycles. The van der Waals surface area contributed by atoms with Gasteiger partial charge in [0.1, 0.15) is 6.17 Å². The Morgan fingerprint density at radius 1 is 1.43 bits per heavy atom. The van der Waals surface area contributed by atoms with Crippen LogP contribution < -0.4 is 11.1 Å². The Balaban J connectivity index is 2.50. The van der Waals surface area contributed by atoms with Gasteiger partial charge in [-0.3, -0.25) is 4.79 Å². The predicted molar refractivity (Wildman–Crippen MR) is 54.9 cm³/mol. The lowest BCUT2D eigenvalue weighted by molar-refractivity contribution is 0.0957. The molecule has 3 N–H and O–H groups in total. The summed E-state index contributed by atoms with van der Waals surface area (Å²) in [6, 6.07) is 5.90. The molecule has 1 unspecified atom stereocenters. The molecule has 0 saturated heterocycles. The normalized spacial score (nSPS) is 19.7. The fraction of sp³-hybridized carbons (Fsp3) is 0.364. The first-order valence-electron chi connectivity index (χ1n) is 4.80. The Labute approximate surface area is 83.3 Å². The molecule has 1 aromatic rings. The first-order chi connectivity index (χ1) is 6.59. The molecule has 1 aromatic carbocycles. The molecule has 0 aromatic heterocycles. The molecule has 0 radical (unpaired) electrons. The smallest absolute Gasteiger partial charge is 0.253 e. The first-order valence-corrected chi connectivity index (χ1v) is 4.80. The summed E-state index contributed by atoms with van der Waals surface area (Å²) < 4.78 is 0. The van der Waals surface area contributed by atoms with Crippen molar-refractivity contribution in [2.24, 2.45) is 5.73 Å². The van der Waals surface area contributed by atoms with E-state index in [4.69, 9.17) is 5.73 Å². The Morgan fingerprint density at radius 2 is 2.14 bits per heavy atom. The average Bonchev–Trinajstić information content (AvgIpc) is 2.42. The molecular weight excluding hydrogens is 176 g/mol. The number of benzene rings is 1. The van der Waals surface area contributed by atoms with Crippen LogP contribution in [0.3, 0.4) is 0 Å². The number of carbonyl (C=O) groups is 1. The zero-order valence-corrected chi connectivity index (χ0v) is 8.37. The van der Waals surface area contributed by atoms with Crippen LogP contribution in [0.2, 0.25) is 0 Å². The number of nitrogens with two attached hydrogens (primary N) is 1. The van der Waals surface area contributed by atoms with Crippen molar-refractivity contribution in [3.05, 3.63) is 34.9 Å². The highest BCUT2D eigenvalue weighted by Crippen LogP contribution is 2.25. The number of hydrogen-bond donors (Lipinski definition) is 2. The SMILES string of the molecule is CC(C)c1ccc2c(c1)C(=O)NC2N. The van der Waals surface area contributed by atoms with Crippen LogP contribution in [-0.2, 0) is 0 Å². The van der Waals surface area contributed by atoms with E-state index < -0.39 is 0 Å². The Morgan fingerprint density at radius 3 is 2.79 bits per heavy atom. The van der Waals surface area contributed by atoms with Gasteiger partial charge in [0.2, 0.25) is 0 Å². The van der Waals surface area contributed by atoms with Crippen LogP contribution >= 0.6 is 0 Å². The van der Waals surface area contributed by atoms with Crippen molar-refractivity contribution in [2.45, 2.75) is 25.9 Å². The molecule has 2 rings (SSSR count). The van der Waals surface area contributed by atoms with E-state index in [9.17, 15) is 4.79 Å². The lowest BCUT2D eigenvalue weighted by Crippen LogP contribution is -2.25. The Kier molecular flexibility index (Phi) is 2.04. The molecule has 1 atom stereocenters. The summed E-state index contributed by atoms with van der Waals surface area (Å²) in [4.78, 5) is 11.5. The second kappa shape index (κ2) is 3.10. The van der Waals surface area contributed by atoms with Crippen LogP contribution in [0.5, 0.6) is 0 Å². The minimum absolute atomic E-state index is 0.0602. The Hall–Kier alpha value is -1.35. The lowest BCUT2D eigenvalue weighted by atomic mass is 9.98. The van der Waals surface area contributed by atoms with Gasteiger partial charge in [-0.1, -0.05) is 26.0 Å². The van der Waals surface area contributed by atoms with E-state index in [0.29, 0.717) is 5.92 Å². The molecule has 1 heterocycles. The molecule has 0 aliphatic carbocycles. The summed E-state index contributed by atoms with van der Waals surface area (Å²) >= 11 is 0. The standard InChI is InChI=1S/C11H14N2O/c1-6(2)7-3-4-8-9(5-7)11(14)13-10(8)12/h3-6,10H,12H2,1-2H3,(H,13,14). The zero-order chi connectivity index (χ0) is 10.3. The molecule has 0 spiro atoms. The summed E-state index contributed by atoms with van der Waals surface area (Å²) in [6.07, 6.45) is -0.335. The highest BCUT2D eigenvalue weighted by molar-refractivity contribution is 5.99. The highest BCUT2D eigenvalue weighted by Gasteiger charge is 2.25. The van der Waals surface area contributed by atoms with E-state index >= 15 is 0 Å². The second-order valence-electron chi connectivity index (χ2n) is 3.95. The van der Waals surface area contributed by atoms with Crippen molar-refractivity contribution in [2.75, 3.05) is 0 Å². The van der Waals surface area contributed by atoms with Gasteiger partial charge in [-0.05, 0) is 17.5 Å². The summed E-state index contributed by atoms with van der Waals surface area (Å²) in [5.41, 5.74) is 8.53. The molecule has 74 valence electrons. The molecule has 1 aliphatic rings. The molecule has 1 amide bonds. The van der Waals surface area contributed by atoms with Gasteiger partial charge in [-0.2, -0.15) is 0 Å². The molecule has 3 nitrogen and oxygen atoms in total. The van der Waals surface area contributed by atoms with Crippen LogP contribution in [0.4, 0.5) is 0 Å². The maximum atomic E-state index is 11.5. The summed E-state index contributed by atoms with van der Waals surface area (Å²) in [6.45, 7) is 4.21. The predicted octanol–water partition coefficient (Wildman–Crippen LogP) is 1.51. The first kappa shape index (κ1) is 9.21. The summed E-state index contributed by atoms with van der Waals surface area (Å²) in [5, 5.41) is 2.69. The average molecular weight is 190 g/mol. The van der Waals surface area contributed by atoms with Crippen molar-refractivity contribution < 1.29 is 4.79 Å². The van der Waals surface area contributed by atoms with Gasteiger partial charge in [-0.15, -0.1) is 0 Å². The topological polar surface area (TPSA) is 55.1 Å². The van der Waals surface area contributed by atoms with Gasteiger partial charge in [0, 0.05) is 11.1 Å². The maximum absolute atomic E-state index is 11.5. The minimum Gasteiger partial charge on any atom is -0.333 e. The third-order valence-electron chi connectivity index (χ3n) is 2.61. The van der Waals surface area contributed by atoms with Crippen LogP contribution in [0.15, 0.2) is 18.2 Å². The molecule has 0 bridgehead atoms. The number of amides is 1. The van der Waals surface area contributed by atoms with Crippen molar-refractivity contribution in [1.29, 1.82) is 0 Å². The fourth-order valence-corrected chi connectivity index (χ4v) is 1.70. The van der Waals surface area contributed by atoms with Gasteiger partial charge < -0.3 is 11.1 Å². The van der Waals surface area contributed by atoms with Crippen LogP contribution in [0.25, 0.3) is 0 Å². The molecule has 0 saturated carbocycles. The van der Waals surface area contributed by atoms with Crippen LogP contribution in [-0.4, -0.2) is 5.91 Å². The number of rotatable bonds is 1. The Bertz CT molecular complexity index is 385. The largest absolute Gasteiger partial charge is 0.333 e. The van der Waals surface area contributed by atoms with E-state index in [1.165, 1.54) is 5.56 Å². The van der Waals surface area contributed by atoms with E-state index in [0.717, 1.165) is 11.1 Å². The molecule has 0 fully saturated rings. The molecule has 3 heteroatoms. The van der Waals surface area contributed by atoms with Gasteiger partial charge in [-0.25, -0.2) is 0 Å². The summed E-state index contributed by atoms with van der Waals surface area (Å²) in [5.74, 6) is 0.375. The quantitative estimate of drug-likeness (QED) is 0.705. The van der Waals surface area contributed by atoms with Crippen LogP contribution in [0.1, 0.15) is 47.4 Å². The number of fused-ring (bicyclic) bond motifs is 1. The number of hydrogen-bond acceptors (Lipinski definition) is 2. The van der Waals surface area contributed by atoms with E-state index in [2.05, 4.69) is 19.2 Å². The van der Waals surface area contributed by atoms with Gasteiger partial charge in [0.25, 0.3) is 5.91 Å². The number of nitrogens with one attached hydrogen (secondary N) is 1. The number of carbonyl (C=O) groups excluding carboxylic acids is 1. The third kappa shape index (κ3) is 1.30. The zero-order valence-electron chi connectivity index (χ0n) is 8.37. The van der Waals surface area contributed by atoms with Gasteiger partial charge in [0.05, 0.1) is 0 Å². The van der Waals surface area contributed by atoms with E-state index in [1.54, 1.807) is 0 Å². The second-order valence-corrected chi connectivity index (χ2v) is 3.95. The van der Waals surface area contributed by atoms with Crippen molar-refractivity contribution in [3.8, 4) is 0 Å². The third-order valence-corrected chi connectivity index (χ3v) is 2.61. The van der Waals surface area contributed by atoms with E-state index in [-0.39, 0.29) is 12.1 Å². The van der Waals surface area contributed by atoms with Gasteiger partial charge in [0.15, 0.2) is 0 Å². The molecule has 14 heavy (non-hydrogen) atoms. The van der Waals surface area contributed by atoms with Crippen LogP contribution in [0, 0.1) is 0 Å². The highest BCUT2D eigenvalue weighted by atomic mass is 16.2. The summed E-state index contributed by atoms with van der Waals surface area (Å²) in [7, 11) is 0. The minimum atomic E-state index is -0.335. The van der Waals surface area contributed by atoms with Crippen molar-refractivity contribution in [1.82, 2.24) is 5.32 Å². The van der Waals surface area contributed by atoms with Crippen molar-refractivity contribution in [3.63, 3.8) is 0 Å². The van der Waals surface area contributed by atoms with Crippen molar-refractivity contribution >= 4 is 5.91 Å². The van der Waals surface area contributed by atoms with Gasteiger partial charge >= 0.3 is 0 Å².